The van der Waals surface area contributed by atoms with Crippen LogP contribution in [0.1, 0.15) is 16.1 Å². The first-order chi connectivity index (χ1) is 7.68. The van der Waals surface area contributed by atoms with Gasteiger partial charge >= 0.3 is 5.97 Å². The fourth-order valence-corrected chi connectivity index (χ4v) is 1.49. The lowest BCUT2D eigenvalue weighted by Crippen LogP contribution is -2.00. The summed E-state index contributed by atoms with van der Waals surface area (Å²) in [6.45, 7) is 1.84. The highest BCUT2D eigenvalue weighted by molar-refractivity contribution is 5.95. The molecule has 0 fully saturated rings. The van der Waals surface area contributed by atoms with Gasteiger partial charge in [-0.05, 0) is 19.1 Å². The number of aryl methyl sites for hydroxylation is 1. The minimum absolute atomic E-state index is 0.251. The Morgan fingerprint density at radius 2 is 2.00 bits per heavy atom. The molecule has 0 atom stereocenters. The van der Waals surface area contributed by atoms with E-state index in [1.807, 2.05) is 6.92 Å². The van der Waals surface area contributed by atoms with Crippen molar-refractivity contribution < 1.29 is 9.90 Å². The van der Waals surface area contributed by atoms with Crippen LogP contribution in [-0.4, -0.2) is 21.0 Å². The summed E-state index contributed by atoms with van der Waals surface area (Å²) in [6.07, 6.45) is 1.43. The second kappa shape index (κ2) is 4.10. The first-order valence-electron chi connectivity index (χ1n) is 4.80. The van der Waals surface area contributed by atoms with Crippen molar-refractivity contribution in [1.29, 1.82) is 0 Å². The maximum atomic E-state index is 11.0. The Morgan fingerprint density at radius 3 is 2.69 bits per heavy atom. The van der Waals surface area contributed by atoms with Gasteiger partial charge in [-0.2, -0.15) is 0 Å². The zero-order valence-corrected chi connectivity index (χ0v) is 8.71. The number of hydrogen-bond donors (Lipinski definition) is 1. The van der Waals surface area contributed by atoms with Crippen LogP contribution in [0.5, 0.6) is 0 Å². The predicted octanol–water partition coefficient (Wildman–Crippen LogP) is 2.15. The molecule has 0 unspecified atom stereocenters. The van der Waals surface area contributed by atoms with Gasteiger partial charge in [0.15, 0.2) is 0 Å². The second-order valence-corrected chi connectivity index (χ2v) is 3.40. The maximum absolute atomic E-state index is 11.0. The minimum Gasteiger partial charge on any atom is -0.478 e. The largest absolute Gasteiger partial charge is 0.478 e. The summed E-state index contributed by atoms with van der Waals surface area (Å²) in [5.74, 6) is -0.952. The van der Waals surface area contributed by atoms with Crippen LogP contribution in [0.3, 0.4) is 0 Å². The lowest BCUT2D eigenvalue weighted by atomic mass is 10.0. The van der Waals surface area contributed by atoms with Crippen molar-refractivity contribution in [3.05, 3.63) is 47.9 Å². The lowest BCUT2D eigenvalue weighted by Gasteiger charge is -2.05. The third kappa shape index (κ3) is 1.91. The highest BCUT2D eigenvalue weighted by Crippen LogP contribution is 2.21. The van der Waals surface area contributed by atoms with Crippen molar-refractivity contribution >= 4 is 5.97 Å². The third-order valence-corrected chi connectivity index (χ3v) is 2.24. The molecule has 16 heavy (non-hydrogen) atoms. The van der Waals surface area contributed by atoms with Crippen LogP contribution < -0.4 is 0 Å². The SMILES string of the molecule is Cc1cc(-c2ccccc2C(=O)O)ncn1. The summed E-state index contributed by atoms with van der Waals surface area (Å²) in [5.41, 5.74) is 2.30. The number of aromatic nitrogens is 2. The van der Waals surface area contributed by atoms with Gasteiger partial charge in [0.25, 0.3) is 0 Å². The van der Waals surface area contributed by atoms with Gasteiger partial charge in [-0.1, -0.05) is 18.2 Å². The standard InChI is InChI=1S/C12H10N2O2/c1-8-6-11(14-7-13-8)9-4-2-3-5-10(9)12(15)16/h2-7H,1H3,(H,15,16). The molecule has 0 radical (unpaired) electrons. The molecule has 4 nitrogen and oxygen atoms in total. The molecule has 1 N–H and O–H groups in total. The molecule has 2 aromatic rings. The summed E-state index contributed by atoms with van der Waals surface area (Å²) in [6, 6.07) is 8.56. The third-order valence-electron chi connectivity index (χ3n) is 2.24. The van der Waals surface area contributed by atoms with Crippen LogP contribution >= 0.6 is 0 Å². The van der Waals surface area contributed by atoms with Crippen LogP contribution in [0.2, 0.25) is 0 Å². The van der Waals surface area contributed by atoms with Gasteiger partial charge in [-0.15, -0.1) is 0 Å². The number of hydrogen-bond acceptors (Lipinski definition) is 3. The molecule has 1 aromatic heterocycles. The van der Waals surface area contributed by atoms with Gasteiger partial charge in [-0.3, -0.25) is 0 Å². The summed E-state index contributed by atoms with van der Waals surface area (Å²) >= 11 is 0. The highest BCUT2D eigenvalue weighted by Gasteiger charge is 2.11. The normalized spacial score (nSPS) is 10.1. The summed E-state index contributed by atoms with van der Waals surface area (Å²) in [7, 11) is 0. The van der Waals surface area contributed by atoms with E-state index in [1.165, 1.54) is 6.33 Å². The van der Waals surface area contributed by atoms with E-state index in [-0.39, 0.29) is 5.56 Å². The van der Waals surface area contributed by atoms with Gasteiger partial charge in [-0.25, -0.2) is 14.8 Å². The molecule has 0 amide bonds. The Morgan fingerprint density at radius 1 is 1.25 bits per heavy atom. The summed E-state index contributed by atoms with van der Waals surface area (Å²) < 4.78 is 0. The molecule has 0 bridgehead atoms. The second-order valence-electron chi connectivity index (χ2n) is 3.40. The number of aromatic carboxylic acids is 1. The van der Waals surface area contributed by atoms with Gasteiger partial charge in [0, 0.05) is 11.3 Å². The van der Waals surface area contributed by atoms with E-state index in [2.05, 4.69) is 9.97 Å². The zero-order chi connectivity index (χ0) is 11.5. The predicted molar refractivity (Wildman–Crippen MR) is 59.2 cm³/mol. The summed E-state index contributed by atoms with van der Waals surface area (Å²) in [5, 5.41) is 9.05. The topological polar surface area (TPSA) is 63.1 Å². The summed E-state index contributed by atoms with van der Waals surface area (Å²) in [4.78, 5) is 19.1. The molecular weight excluding hydrogens is 204 g/mol. The first kappa shape index (κ1) is 10.3. The van der Waals surface area contributed by atoms with Crippen LogP contribution in [0.25, 0.3) is 11.3 Å². The number of rotatable bonds is 2. The van der Waals surface area contributed by atoms with E-state index in [0.29, 0.717) is 11.3 Å². The van der Waals surface area contributed by atoms with Gasteiger partial charge < -0.3 is 5.11 Å². The van der Waals surface area contributed by atoms with Crippen molar-refractivity contribution in [3.63, 3.8) is 0 Å². The average Bonchev–Trinajstić information content (AvgIpc) is 2.29. The Labute approximate surface area is 92.6 Å². The van der Waals surface area contributed by atoms with Crippen molar-refractivity contribution in [2.45, 2.75) is 6.92 Å². The molecule has 0 aliphatic heterocycles. The number of carboxylic acid groups (broad SMARTS) is 1. The van der Waals surface area contributed by atoms with Crippen molar-refractivity contribution in [2.24, 2.45) is 0 Å². The smallest absolute Gasteiger partial charge is 0.336 e. The fourth-order valence-electron chi connectivity index (χ4n) is 1.49. The van der Waals surface area contributed by atoms with E-state index in [9.17, 15) is 4.79 Å². The van der Waals surface area contributed by atoms with E-state index < -0.39 is 5.97 Å². The molecule has 1 aromatic carbocycles. The molecule has 0 aliphatic carbocycles. The van der Waals surface area contributed by atoms with E-state index in [1.54, 1.807) is 30.3 Å². The first-order valence-corrected chi connectivity index (χ1v) is 4.80. The molecule has 0 aliphatic rings. The molecular formula is C12H10N2O2. The monoisotopic (exact) mass is 214 g/mol. The van der Waals surface area contributed by atoms with Crippen molar-refractivity contribution in [3.8, 4) is 11.3 Å². The van der Waals surface area contributed by atoms with Crippen molar-refractivity contribution in [1.82, 2.24) is 9.97 Å². The van der Waals surface area contributed by atoms with E-state index in [0.717, 1.165) is 5.69 Å². The van der Waals surface area contributed by atoms with Crippen LogP contribution in [-0.2, 0) is 0 Å². The number of nitrogens with zero attached hydrogens (tertiary/aromatic N) is 2. The quantitative estimate of drug-likeness (QED) is 0.831. The Balaban J connectivity index is 2.60. The average molecular weight is 214 g/mol. The van der Waals surface area contributed by atoms with Crippen LogP contribution in [0, 0.1) is 6.92 Å². The van der Waals surface area contributed by atoms with Gasteiger partial charge in [0.05, 0.1) is 11.3 Å². The van der Waals surface area contributed by atoms with Crippen LogP contribution in [0.4, 0.5) is 0 Å². The molecule has 80 valence electrons. The van der Waals surface area contributed by atoms with Crippen molar-refractivity contribution in [2.75, 3.05) is 0 Å². The minimum atomic E-state index is -0.952. The fraction of sp³-hybridized carbons (Fsp3) is 0.0833. The van der Waals surface area contributed by atoms with Gasteiger partial charge in [0.1, 0.15) is 6.33 Å². The molecule has 0 spiro atoms. The number of carbonyl (C=O) groups is 1. The van der Waals surface area contributed by atoms with E-state index >= 15 is 0 Å². The highest BCUT2D eigenvalue weighted by atomic mass is 16.4. The molecule has 4 heteroatoms. The molecule has 1 heterocycles. The molecule has 0 saturated heterocycles. The number of benzene rings is 1. The zero-order valence-electron chi connectivity index (χ0n) is 8.71. The Bertz CT molecular complexity index is 538. The molecule has 2 rings (SSSR count). The van der Waals surface area contributed by atoms with E-state index in [4.69, 9.17) is 5.11 Å². The Hall–Kier alpha value is -2.23. The molecule has 0 saturated carbocycles. The lowest BCUT2D eigenvalue weighted by molar-refractivity contribution is 0.0697. The number of carboxylic acids is 1. The maximum Gasteiger partial charge on any atom is 0.336 e. The van der Waals surface area contributed by atoms with Gasteiger partial charge in [0.2, 0.25) is 0 Å². The van der Waals surface area contributed by atoms with Crippen LogP contribution in [0.15, 0.2) is 36.7 Å². The Kier molecular flexibility index (Phi) is 2.64.